The van der Waals surface area contributed by atoms with E-state index < -0.39 is 11.8 Å². The van der Waals surface area contributed by atoms with E-state index in [9.17, 15) is 14.0 Å². The molecule has 0 saturated heterocycles. The number of hydrogen-bond acceptors (Lipinski definition) is 2. The van der Waals surface area contributed by atoms with E-state index in [0.717, 1.165) is 6.07 Å². The largest absolute Gasteiger partial charge is 0.478 e. The number of carbonyl (C=O) groups is 1. The minimum atomic E-state index is -1.18. The number of carboxylic acid groups (broad SMARTS) is 1. The van der Waals surface area contributed by atoms with Gasteiger partial charge in [-0.2, -0.15) is 0 Å². The monoisotopic (exact) mass is 278 g/mol. The first-order valence-corrected chi connectivity index (χ1v) is 6.19. The summed E-state index contributed by atoms with van der Waals surface area (Å²) in [6.45, 7) is 3.84. The standard InChI is InChI=1S/C14H15FN2O3/c1-9(2)17-6-5-16(14(17)20)8-11-4-3-10(13(18)19)7-12(11)15/h3-7,9H,8H2,1-2H3,(H,18,19). The van der Waals surface area contributed by atoms with Crippen LogP contribution in [-0.2, 0) is 6.54 Å². The molecule has 0 spiro atoms. The number of rotatable bonds is 4. The summed E-state index contributed by atoms with van der Waals surface area (Å²) in [6, 6.07) is 3.70. The van der Waals surface area contributed by atoms with Gasteiger partial charge in [-0.25, -0.2) is 14.0 Å². The number of benzene rings is 1. The van der Waals surface area contributed by atoms with Crippen LogP contribution in [0.2, 0.25) is 0 Å². The van der Waals surface area contributed by atoms with Crippen LogP contribution < -0.4 is 5.69 Å². The Labute approximate surface area is 114 Å². The van der Waals surface area contributed by atoms with E-state index >= 15 is 0 Å². The zero-order valence-corrected chi connectivity index (χ0v) is 11.2. The second-order valence-electron chi connectivity index (χ2n) is 4.82. The van der Waals surface area contributed by atoms with Crippen molar-refractivity contribution in [3.05, 3.63) is 58.0 Å². The van der Waals surface area contributed by atoms with E-state index in [0.29, 0.717) is 0 Å². The van der Waals surface area contributed by atoms with Crippen LogP contribution in [-0.4, -0.2) is 20.2 Å². The van der Waals surface area contributed by atoms with Crippen molar-refractivity contribution in [1.29, 1.82) is 0 Å². The molecule has 0 aliphatic heterocycles. The van der Waals surface area contributed by atoms with E-state index in [1.807, 2.05) is 13.8 Å². The van der Waals surface area contributed by atoms with E-state index in [2.05, 4.69) is 0 Å². The molecule has 0 unspecified atom stereocenters. The molecule has 106 valence electrons. The van der Waals surface area contributed by atoms with Gasteiger partial charge in [0.2, 0.25) is 0 Å². The molecule has 2 aromatic rings. The molecule has 0 aliphatic rings. The summed E-state index contributed by atoms with van der Waals surface area (Å²) < 4.78 is 16.7. The average molecular weight is 278 g/mol. The summed E-state index contributed by atoms with van der Waals surface area (Å²) in [5.74, 6) is -1.81. The number of nitrogens with zero attached hydrogens (tertiary/aromatic N) is 2. The lowest BCUT2D eigenvalue weighted by Gasteiger charge is -2.06. The number of halogens is 1. The molecule has 1 aromatic heterocycles. The summed E-state index contributed by atoms with van der Waals surface area (Å²) in [7, 11) is 0. The molecule has 0 saturated carbocycles. The van der Waals surface area contributed by atoms with Crippen molar-refractivity contribution in [2.75, 3.05) is 0 Å². The first kappa shape index (κ1) is 14.0. The zero-order chi connectivity index (χ0) is 14.9. The number of aromatic carboxylic acids is 1. The Kier molecular flexibility index (Phi) is 3.74. The Hall–Kier alpha value is -2.37. The predicted molar refractivity (Wildman–Crippen MR) is 71.5 cm³/mol. The van der Waals surface area contributed by atoms with Gasteiger partial charge in [0.15, 0.2) is 0 Å². The Morgan fingerprint density at radius 3 is 2.55 bits per heavy atom. The third kappa shape index (κ3) is 2.64. The van der Waals surface area contributed by atoms with Crippen molar-refractivity contribution in [3.63, 3.8) is 0 Å². The maximum atomic E-state index is 13.8. The van der Waals surface area contributed by atoms with E-state index in [4.69, 9.17) is 5.11 Å². The molecular formula is C14H15FN2O3. The molecule has 6 heteroatoms. The third-order valence-corrected chi connectivity index (χ3v) is 3.07. The second kappa shape index (κ2) is 5.32. The van der Waals surface area contributed by atoms with Crippen molar-refractivity contribution >= 4 is 5.97 Å². The molecule has 2 rings (SSSR count). The van der Waals surface area contributed by atoms with Gasteiger partial charge in [-0.05, 0) is 26.0 Å². The third-order valence-electron chi connectivity index (χ3n) is 3.07. The minimum Gasteiger partial charge on any atom is -0.478 e. The summed E-state index contributed by atoms with van der Waals surface area (Å²) in [6.07, 6.45) is 3.24. The fraction of sp³-hybridized carbons (Fsp3) is 0.286. The highest BCUT2D eigenvalue weighted by Gasteiger charge is 2.11. The minimum absolute atomic E-state index is 0.0305. The lowest BCUT2D eigenvalue weighted by molar-refractivity contribution is 0.0696. The van der Waals surface area contributed by atoms with Gasteiger partial charge in [-0.3, -0.25) is 9.13 Å². The Balaban J connectivity index is 2.31. The Morgan fingerprint density at radius 1 is 1.35 bits per heavy atom. The number of carboxylic acids is 1. The van der Waals surface area contributed by atoms with Crippen LogP contribution in [0.4, 0.5) is 4.39 Å². The van der Waals surface area contributed by atoms with Gasteiger partial charge in [-0.15, -0.1) is 0 Å². The number of hydrogen-bond donors (Lipinski definition) is 1. The van der Waals surface area contributed by atoms with Crippen molar-refractivity contribution < 1.29 is 14.3 Å². The van der Waals surface area contributed by atoms with Crippen molar-refractivity contribution in [2.45, 2.75) is 26.4 Å². The molecule has 1 heterocycles. The highest BCUT2D eigenvalue weighted by molar-refractivity contribution is 5.87. The first-order chi connectivity index (χ1) is 9.40. The summed E-state index contributed by atoms with van der Waals surface area (Å²) >= 11 is 0. The lowest BCUT2D eigenvalue weighted by Crippen LogP contribution is -2.25. The second-order valence-corrected chi connectivity index (χ2v) is 4.82. The number of imidazole rings is 1. The summed E-state index contributed by atoms with van der Waals surface area (Å²) in [4.78, 5) is 22.7. The fourth-order valence-electron chi connectivity index (χ4n) is 1.93. The highest BCUT2D eigenvalue weighted by Crippen LogP contribution is 2.12. The van der Waals surface area contributed by atoms with Crippen LogP contribution in [0.15, 0.2) is 35.4 Å². The molecule has 1 N–H and O–H groups in total. The smallest absolute Gasteiger partial charge is 0.335 e. The average Bonchev–Trinajstić information content (AvgIpc) is 2.73. The molecular weight excluding hydrogens is 263 g/mol. The molecule has 0 fully saturated rings. The van der Waals surface area contributed by atoms with Gasteiger partial charge in [-0.1, -0.05) is 6.07 Å². The van der Waals surface area contributed by atoms with Crippen LogP contribution >= 0.6 is 0 Å². The van der Waals surface area contributed by atoms with Gasteiger partial charge in [0.1, 0.15) is 5.82 Å². The van der Waals surface area contributed by atoms with E-state index in [1.165, 1.54) is 16.7 Å². The van der Waals surface area contributed by atoms with Gasteiger partial charge in [0.05, 0.1) is 12.1 Å². The summed E-state index contributed by atoms with van der Waals surface area (Å²) in [5.41, 5.74) is -0.0568. The zero-order valence-electron chi connectivity index (χ0n) is 11.2. The van der Waals surface area contributed by atoms with Gasteiger partial charge in [0.25, 0.3) is 0 Å². The van der Waals surface area contributed by atoms with Gasteiger partial charge in [0, 0.05) is 24.0 Å². The normalized spacial score (nSPS) is 11.0. The lowest BCUT2D eigenvalue weighted by atomic mass is 10.1. The topological polar surface area (TPSA) is 64.2 Å². The predicted octanol–water partition coefficient (Wildman–Crippen LogP) is 2.12. The maximum absolute atomic E-state index is 13.8. The van der Waals surface area contributed by atoms with E-state index in [1.54, 1.807) is 17.0 Å². The number of aromatic nitrogens is 2. The summed E-state index contributed by atoms with van der Waals surface area (Å²) in [5, 5.41) is 8.77. The fourth-order valence-corrected chi connectivity index (χ4v) is 1.93. The highest BCUT2D eigenvalue weighted by atomic mass is 19.1. The molecule has 0 atom stereocenters. The maximum Gasteiger partial charge on any atom is 0.335 e. The quantitative estimate of drug-likeness (QED) is 0.931. The van der Waals surface area contributed by atoms with E-state index in [-0.39, 0.29) is 29.4 Å². The molecule has 1 aromatic carbocycles. The first-order valence-electron chi connectivity index (χ1n) is 6.19. The van der Waals surface area contributed by atoms with Crippen LogP contribution in [0, 0.1) is 5.82 Å². The van der Waals surface area contributed by atoms with Crippen LogP contribution in [0.5, 0.6) is 0 Å². The van der Waals surface area contributed by atoms with Gasteiger partial charge >= 0.3 is 11.7 Å². The van der Waals surface area contributed by atoms with Crippen LogP contribution in [0.25, 0.3) is 0 Å². The van der Waals surface area contributed by atoms with Crippen molar-refractivity contribution in [2.24, 2.45) is 0 Å². The molecule has 0 aliphatic carbocycles. The SMILES string of the molecule is CC(C)n1ccn(Cc2ccc(C(=O)O)cc2F)c1=O. The Bertz CT molecular complexity index is 701. The Morgan fingerprint density at radius 2 is 2.05 bits per heavy atom. The molecule has 20 heavy (non-hydrogen) atoms. The molecule has 0 bridgehead atoms. The molecule has 0 radical (unpaired) electrons. The van der Waals surface area contributed by atoms with Crippen LogP contribution in [0.3, 0.4) is 0 Å². The molecule has 5 nitrogen and oxygen atoms in total. The van der Waals surface area contributed by atoms with Crippen LogP contribution in [0.1, 0.15) is 35.8 Å². The van der Waals surface area contributed by atoms with Crippen molar-refractivity contribution in [1.82, 2.24) is 9.13 Å². The van der Waals surface area contributed by atoms with Gasteiger partial charge < -0.3 is 5.11 Å². The molecule has 0 amide bonds. The van der Waals surface area contributed by atoms with Crippen molar-refractivity contribution in [3.8, 4) is 0 Å².